The van der Waals surface area contributed by atoms with Gasteiger partial charge in [-0.2, -0.15) is 0 Å². The summed E-state index contributed by atoms with van der Waals surface area (Å²) in [5, 5.41) is 4.10. The van der Waals surface area contributed by atoms with Crippen molar-refractivity contribution in [2.75, 3.05) is 0 Å². The van der Waals surface area contributed by atoms with Crippen molar-refractivity contribution in [3.63, 3.8) is 0 Å². The van der Waals surface area contributed by atoms with Gasteiger partial charge in [-0.3, -0.25) is 0 Å². The summed E-state index contributed by atoms with van der Waals surface area (Å²) >= 11 is 10.0. The van der Waals surface area contributed by atoms with Gasteiger partial charge in [-0.25, -0.2) is 4.98 Å². The molecule has 0 aliphatic rings. The number of aromatic nitrogens is 1. The Morgan fingerprint density at radius 2 is 2.00 bits per heavy atom. The first kappa shape index (κ1) is 8.87. The van der Waals surface area contributed by atoms with E-state index in [1.807, 2.05) is 5.38 Å². The predicted molar refractivity (Wildman–Crippen MR) is 60.8 cm³/mol. The summed E-state index contributed by atoms with van der Waals surface area (Å²) in [6.07, 6.45) is 0. The summed E-state index contributed by atoms with van der Waals surface area (Å²) in [4.78, 5) is 5.52. The van der Waals surface area contributed by atoms with E-state index in [4.69, 9.17) is 0 Å². The lowest BCUT2D eigenvalue weighted by Gasteiger charge is -1.85. The van der Waals surface area contributed by atoms with E-state index in [0.717, 1.165) is 14.1 Å². The molecule has 0 unspecified atom stereocenters. The molecule has 2 heterocycles. The first-order valence-electron chi connectivity index (χ1n) is 3.11. The van der Waals surface area contributed by atoms with Crippen LogP contribution in [-0.4, -0.2) is 4.98 Å². The van der Waals surface area contributed by atoms with E-state index in [2.05, 4.69) is 48.3 Å². The topological polar surface area (TPSA) is 12.9 Å². The number of halogens is 2. The third-order valence-corrected chi connectivity index (χ3v) is 4.37. The highest BCUT2D eigenvalue weighted by molar-refractivity contribution is 9.11. The first-order chi connectivity index (χ1) is 5.75. The van der Waals surface area contributed by atoms with E-state index < -0.39 is 0 Å². The molecule has 0 N–H and O–H groups in total. The average molecular weight is 325 g/mol. The zero-order valence-electron chi connectivity index (χ0n) is 5.75. The van der Waals surface area contributed by atoms with Crippen LogP contribution in [0.2, 0.25) is 0 Å². The summed E-state index contributed by atoms with van der Waals surface area (Å²) in [6.45, 7) is 0. The van der Waals surface area contributed by atoms with Crippen LogP contribution in [0.1, 0.15) is 0 Å². The molecule has 12 heavy (non-hydrogen) atoms. The van der Waals surface area contributed by atoms with Crippen molar-refractivity contribution in [1.82, 2.24) is 4.98 Å². The van der Waals surface area contributed by atoms with Gasteiger partial charge in [0.1, 0.15) is 0 Å². The third-order valence-electron chi connectivity index (χ3n) is 1.30. The van der Waals surface area contributed by atoms with Crippen LogP contribution < -0.4 is 0 Å². The minimum absolute atomic E-state index is 0.932. The molecule has 0 amide bonds. The molecule has 1 nitrogen and oxygen atoms in total. The second-order valence-electron chi connectivity index (χ2n) is 2.11. The summed E-state index contributed by atoms with van der Waals surface area (Å²) in [5.74, 6) is 0. The fraction of sp³-hybridized carbons (Fsp3) is 0. The lowest BCUT2D eigenvalue weighted by atomic mass is 10.4. The first-order valence-corrected chi connectivity index (χ1v) is 6.45. The molecule has 2 aromatic rings. The quantitative estimate of drug-likeness (QED) is 0.757. The van der Waals surface area contributed by atoms with Crippen molar-refractivity contribution in [3.05, 3.63) is 25.2 Å². The van der Waals surface area contributed by atoms with Gasteiger partial charge in [0, 0.05) is 15.2 Å². The molecule has 0 saturated carbocycles. The van der Waals surface area contributed by atoms with Crippen LogP contribution in [0, 0.1) is 0 Å². The van der Waals surface area contributed by atoms with Crippen molar-refractivity contribution in [3.8, 4) is 10.6 Å². The Bertz CT molecular complexity index is 355. The number of rotatable bonds is 1. The Labute approximate surface area is 94.7 Å². The SMILES string of the molecule is Brc1csc(-c2csc(Br)n2)c1. The number of hydrogen-bond acceptors (Lipinski definition) is 3. The molecular weight excluding hydrogens is 322 g/mol. The van der Waals surface area contributed by atoms with Gasteiger partial charge in [0.2, 0.25) is 0 Å². The number of nitrogens with zero attached hydrogens (tertiary/aromatic N) is 1. The van der Waals surface area contributed by atoms with E-state index in [-0.39, 0.29) is 0 Å². The summed E-state index contributed by atoms with van der Waals surface area (Å²) in [6, 6.07) is 2.08. The second kappa shape index (κ2) is 3.57. The van der Waals surface area contributed by atoms with E-state index in [1.165, 1.54) is 4.88 Å². The van der Waals surface area contributed by atoms with Crippen molar-refractivity contribution >= 4 is 54.5 Å². The van der Waals surface area contributed by atoms with E-state index in [1.54, 1.807) is 22.7 Å². The van der Waals surface area contributed by atoms with Gasteiger partial charge in [0.05, 0.1) is 10.6 Å². The third kappa shape index (κ3) is 1.79. The maximum atomic E-state index is 4.32. The maximum Gasteiger partial charge on any atom is 0.159 e. The maximum absolute atomic E-state index is 4.32. The monoisotopic (exact) mass is 323 g/mol. The Balaban J connectivity index is 2.43. The molecule has 2 rings (SSSR count). The largest absolute Gasteiger partial charge is 0.228 e. The van der Waals surface area contributed by atoms with Crippen molar-refractivity contribution in [2.45, 2.75) is 0 Å². The van der Waals surface area contributed by atoms with Crippen LogP contribution in [0.25, 0.3) is 10.6 Å². The summed E-state index contributed by atoms with van der Waals surface area (Å²) in [5.41, 5.74) is 1.04. The number of thiophene rings is 1. The molecule has 62 valence electrons. The standard InChI is InChI=1S/C7H3Br2NS2/c8-4-1-6(11-2-4)5-3-12-7(9)10-5/h1-3H. The number of thiazole rings is 1. The van der Waals surface area contributed by atoms with Crippen LogP contribution in [0.4, 0.5) is 0 Å². The Morgan fingerprint density at radius 1 is 1.17 bits per heavy atom. The zero-order chi connectivity index (χ0) is 8.55. The van der Waals surface area contributed by atoms with Gasteiger partial charge in [-0.1, -0.05) is 0 Å². The molecule has 0 aromatic carbocycles. The average Bonchev–Trinajstić information content (AvgIpc) is 2.58. The molecular formula is C7H3Br2NS2. The van der Waals surface area contributed by atoms with E-state index in [9.17, 15) is 0 Å². The van der Waals surface area contributed by atoms with E-state index >= 15 is 0 Å². The zero-order valence-corrected chi connectivity index (χ0v) is 10.6. The highest BCUT2D eigenvalue weighted by Crippen LogP contribution is 2.31. The fourth-order valence-electron chi connectivity index (χ4n) is 0.812. The summed E-state index contributed by atoms with van der Waals surface area (Å²) in [7, 11) is 0. The van der Waals surface area contributed by atoms with Gasteiger partial charge in [-0.15, -0.1) is 22.7 Å². The van der Waals surface area contributed by atoms with Crippen LogP contribution in [0.5, 0.6) is 0 Å². The highest BCUT2D eigenvalue weighted by atomic mass is 79.9. The van der Waals surface area contributed by atoms with Crippen LogP contribution in [0.3, 0.4) is 0 Å². The molecule has 0 aliphatic carbocycles. The highest BCUT2D eigenvalue weighted by Gasteiger charge is 2.04. The molecule has 2 aromatic heterocycles. The van der Waals surface area contributed by atoms with Crippen LogP contribution >= 0.6 is 54.5 Å². The molecule has 0 fully saturated rings. The van der Waals surface area contributed by atoms with Gasteiger partial charge >= 0.3 is 0 Å². The Kier molecular flexibility index (Phi) is 2.64. The smallest absolute Gasteiger partial charge is 0.159 e. The van der Waals surface area contributed by atoms with E-state index in [0.29, 0.717) is 0 Å². The number of hydrogen-bond donors (Lipinski definition) is 0. The van der Waals surface area contributed by atoms with Gasteiger partial charge in [0.25, 0.3) is 0 Å². The van der Waals surface area contributed by atoms with Crippen LogP contribution in [0.15, 0.2) is 25.2 Å². The minimum atomic E-state index is 0.932. The van der Waals surface area contributed by atoms with Crippen LogP contribution in [-0.2, 0) is 0 Å². The minimum Gasteiger partial charge on any atom is -0.228 e. The molecule has 0 radical (unpaired) electrons. The lowest BCUT2D eigenvalue weighted by molar-refractivity contribution is 1.39. The fourth-order valence-corrected chi connectivity index (χ4v) is 3.29. The molecule has 0 saturated heterocycles. The molecule has 0 aliphatic heterocycles. The Morgan fingerprint density at radius 3 is 2.50 bits per heavy atom. The van der Waals surface area contributed by atoms with Crippen molar-refractivity contribution < 1.29 is 0 Å². The van der Waals surface area contributed by atoms with Gasteiger partial charge < -0.3 is 0 Å². The summed E-state index contributed by atoms with van der Waals surface area (Å²) < 4.78 is 2.05. The second-order valence-corrected chi connectivity index (χ2v) is 6.08. The Hall–Kier alpha value is 0.290. The molecule has 0 bridgehead atoms. The van der Waals surface area contributed by atoms with Crippen molar-refractivity contribution in [1.29, 1.82) is 0 Å². The molecule has 0 spiro atoms. The lowest BCUT2D eigenvalue weighted by Crippen LogP contribution is -1.68. The normalized spacial score (nSPS) is 10.5. The van der Waals surface area contributed by atoms with Gasteiger partial charge in [-0.05, 0) is 37.9 Å². The molecule has 0 atom stereocenters. The predicted octanol–water partition coefficient (Wildman–Crippen LogP) is 4.40. The molecule has 5 heteroatoms. The van der Waals surface area contributed by atoms with Crippen molar-refractivity contribution in [2.24, 2.45) is 0 Å². The van der Waals surface area contributed by atoms with Gasteiger partial charge in [0.15, 0.2) is 3.92 Å².